The normalized spacial score (nSPS) is 11.2. The van der Waals surface area contributed by atoms with E-state index in [2.05, 4.69) is 39.6 Å². The lowest BCUT2D eigenvalue weighted by Gasteiger charge is -2.16. The Kier molecular flexibility index (Phi) is 6.40. The van der Waals surface area contributed by atoms with Crippen molar-refractivity contribution in [2.24, 2.45) is 0 Å². The van der Waals surface area contributed by atoms with Crippen LogP contribution in [0.5, 0.6) is 0 Å². The van der Waals surface area contributed by atoms with E-state index in [4.69, 9.17) is 4.74 Å². The van der Waals surface area contributed by atoms with E-state index in [0.717, 1.165) is 38.5 Å². The van der Waals surface area contributed by atoms with Gasteiger partial charge in [0.15, 0.2) is 0 Å². The number of ether oxygens (including phenoxy) is 1. The largest absolute Gasteiger partial charge is 0.383 e. The highest BCUT2D eigenvalue weighted by atomic mass is 16.5. The van der Waals surface area contributed by atoms with Crippen LogP contribution in [0.25, 0.3) is 11.3 Å². The summed E-state index contributed by atoms with van der Waals surface area (Å²) in [5, 5.41) is 10.7. The molecule has 0 atom stereocenters. The average Bonchev–Trinajstić information content (AvgIpc) is 2.99. The van der Waals surface area contributed by atoms with Gasteiger partial charge in [-0.1, -0.05) is 30.3 Å². The van der Waals surface area contributed by atoms with Gasteiger partial charge >= 0.3 is 0 Å². The predicted molar refractivity (Wildman–Crippen MR) is 85.1 cm³/mol. The molecule has 0 aliphatic heterocycles. The van der Waals surface area contributed by atoms with E-state index in [1.165, 1.54) is 11.1 Å². The first-order valence-electron chi connectivity index (χ1n) is 7.27. The molecule has 1 aromatic heterocycles. The molecule has 1 heterocycles. The lowest BCUT2D eigenvalue weighted by Crippen LogP contribution is -2.31. The molecule has 2 rings (SSSR count). The molecule has 0 amide bonds. The first-order valence-corrected chi connectivity index (χ1v) is 7.27. The van der Waals surface area contributed by atoms with Gasteiger partial charge in [-0.05, 0) is 12.6 Å². The molecule has 0 bridgehead atoms. The number of methoxy groups -OCH3 is 1. The van der Waals surface area contributed by atoms with Gasteiger partial charge in [-0.3, -0.25) is 5.10 Å². The second-order valence-corrected chi connectivity index (χ2v) is 5.11. The summed E-state index contributed by atoms with van der Waals surface area (Å²) >= 11 is 0. The van der Waals surface area contributed by atoms with Crippen molar-refractivity contribution in [3.63, 3.8) is 0 Å². The van der Waals surface area contributed by atoms with Gasteiger partial charge in [-0.2, -0.15) is 5.10 Å². The van der Waals surface area contributed by atoms with Gasteiger partial charge in [-0.15, -0.1) is 0 Å². The van der Waals surface area contributed by atoms with Crippen LogP contribution in [-0.2, 0) is 11.3 Å². The summed E-state index contributed by atoms with van der Waals surface area (Å²) in [7, 11) is 3.84. The molecule has 114 valence electrons. The van der Waals surface area contributed by atoms with E-state index in [1.54, 1.807) is 7.11 Å². The van der Waals surface area contributed by atoms with Crippen molar-refractivity contribution < 1.29 is 4.74 Å². The van der Waals surface area contributed by atoms with Crippen molar-refractivity contribution in [2.75, 3.05) is 40.4 Å². The molecule has 21 heavy (non-hydrogen) atoms. The van der Waals surface area contributed by atoms with Crippen molar-refractivity contribution in [2.45, 2.75) is 6.54 Å². The SMILES string of the molecule is COCCN(C)CCNCc1cn[nH]c1-c1ccccc1. The number of benzene rings is 1. The predicted octanol–water partition coefficient (Wildman–Crippen LogP) is 1.74. The molecule has 2 N–H and O–H groups in total. The number of hydrogen-bond acceptors (Lipinski definition) is 4. The molecule has 0 radical (unpaired) electrons. The number of H-pyrrole nitrogens is 1. The Morgan fingerprint density at radius 1 is 1.24 bits per heavy atom. The molecule has 0 unspecified atom stereocenters. The average molecular weight is 288 g/mol. The van der Waals surface area contributed by atoms with Crippen LogP contribution in [-0.4, -0.2) is 55.5 Å². The molecule has 5 heteroatoms. The van der Waals surface area contributed by atoms with E-state index >= 15 is 0 Å². The molecule has 2 aromatic rings. The van der Waals surface area contributed by atoms with E-state index < -0.39 is 0 Å². The monoisotopic (exact) mass is 288 g/mol. The Hall–Kier alpha value is -1.69. The number of nitrogens with zero attached hydrogens (tertiary/aromatic N) is 2. The van der Waals surface area contributed by atoms with Crippen molar-refractivity contribution in [3.05, 3.63) is 42.1 Å². The van der Waals surface area contributed by atoms with E-state index in [0.29, 0.717) is 0 Å². The van der Waals surface area contributed by atoms with Gasteiger partial charge in [0.25, 0.3) is 0 Å². The molecule has 0 aliphatic carbocycles. The molecule has 0 saturated heterocycles. The molecule has 0 spiro atoms. The third-order valence-electron chi connectivity index (χ3n) is 3.44. The van der Waals surface area contributed by atoms with E-state index in [9.17, 15) is 0 Å². The van der Waals surface area contributed by atoms with Crippen LogP contribution in [0, 0.1) is 0 Å². The summed E-state index contributed by atoms with van der Waals surface area (Å²) in [6.07, 6.45) is 1.89. The summed E-state index contributed by atoms with van der Waals surface area (Å²) in [6, 6.07) is 10.3. The highest BCUT2D eigenvalue weighted by molar-refractivity contribution is 5.62. The van der Waals surface area contributed by atoms with Crippen molar-refractivity contribution in [3.8, 4) is 11.3 Å². The Morgan fingerprint density at radius 3 is 2.81 bits per heavy atom. The van der Waals surface area contributed by atoms with Crippen LogP contribution in [0.2, 0.25) is 0 Å². The number of nitrogens with one attached hydrogen (secondary N) is 2. The van der Waals surface area contributed by atoms with Crippen molar-refractivity contribution in [1.29, 1.82) is 0 Å². The molecule has 1 aromatic carbocycles. The molecule has 0 aliphatic rings. The van der Waals surface area contributed by atoms with E-state index in [-0.39, 0.29) is 0 Å². The van der Waals surface area contributed by atoms with Gasteiger partial charge in [0.05, 0.1) is 18.5 Å². The summed E-state index contributed by atoms with van der Waals surface area (Å²) in [5.74, 6) is 0. The first kappa shape index (κ1) is 15.7. The lowest BCUT2D eigenvalue weighted by molar-refractivity contribution is 0.161. The number of rotatable bonds is 9. The fourth-order valence-electron chi connectivity index (χ4n) is 2.15. The number of likely N-dealkylation sites (N-methyl/N-ethyl adjacent to an activating group) is 1. The van der Waals surface area contributed by atoms with Crippen molar-refractivity contribution >= 4 is 0 Å². The summed E-state index contributed by atoms with van der Waals surface area (Å²) in [5.41, 5.74) is 3.46. The standard InChI is InChI=1S/C16H24N4O/c1-20(10-11-21-2)9-8-17-12-15-13-18-19-16(15)14-6-4-3-5-7-14/h3-7,13,17H,8-12H2,1-2H3,(H,18,19). The minimum absolute atomic E-state index is 0.774. The lowest BCUT2D eigenvalue weighted by atomic mass is 10.1. The summed E-state index contributed by atoms with van der Waals surface area (Å²) < 4.78 is 5.07. The molecular weight excluding hydrogens is 264 g/mol. The van der Waals surface area contributed by atoms with Crippen LogP contribution < -0.4 is 5.32 Å². The Balaban J connectivity index is 1.78. The van der Waals surface area contributed by atoms with Crippen LogP contribution in [0.1, 0.15) is 5.56 Å². The zero-order valence-electron chi connectivity index (χ0n) is 12.8. The van der Waals surface area contributed by atoms with Crippen molar-refractivity contribution in [1.82, 2.24) is 20.4 Å². The first-order chi connectivity index (χ1) is 10.3. The van der Waals surface area contributed by atoms with Crippen LogP contribution in [0.15, 0.2) is 36.5 Å². The van der Waals surface area contributed by atoms with Gasteiger partial charge < -0.3 is 15.0 Å². The minimum atomic E-state index is 0.774. The quantitative estimate of drug-likeness (QED) is 0.690. The smallest absolute Gasteiger partial charge is 0.0695 e. The zero-order chi connectivity index (χ0) is 14.9. The second kappa shape index (κ2) is 8.56. The Bertz CT molecular complexity index is 512. The van der Waals surface area contributed by atoms with Gasteiger partial charge in [0.1, 0.15) is 0 Å². The molecular formula is C16H24N4O. The maximum Gasteiger partial charge on any atom is 0.0695 e. The van der Waals surface area contributed by atoms with Gasteiger partial charge in [0.2, 0.25) is 0 Å². The maximum absolute atomic E-state index is 5.07. The number of aromatic amines is 1. The topological polar surface area (TPSA) is 53.2 Å². The fraction of sp³-hybridized carbons (Fsp3) is 0.438. The van der Waals surface area contributed by atoms with Crippen LogP contribution in [0.4, 0.5) is 0 Å². The highest BCUT2D eigenvalue weighted by Gasteiger charge is 2.06. The zero-order valence-corrected chi connectivity index (χ0v) is 12.8. The Morgan fingerprint density at radius 2 is 2.05 bits per heavy atom. The molecule has 0 fully saturated rings. The fourth-order valence-corrected chi connectivity index (χ4v) is 2.15. The van der Waals surface area contributed by atoms with Gasteiger partial charge in [0, 0.05) is 38.9 Å². The molecule has 5 nitrogen and oxygen atoms in total. The minimum Gasteiger partial charge on any atom is -0.383 e. The summed E-state index contributed by atoms with van der Waals surface area (Å²) in [4.78, 5) is 2.25. The molecule has 0 saturated carbocycles. The van der Waals surface area contributed by atoms with Crippen LogP contribution in [0.3, 0.4) is 0 Å². The summed E-state index contributed by atoms with van der Waals surface area (Å²) in [6.45, 7) is 4.50. The highest BCUT2D eigenvalue weighted by Crippen LogP contribution is 2.20. The second-order valence-electron chi connectivity index (χ2n) is 5.11. The number of hydrogen-bond donors (Lipinski definition) is 2. The number of aromatic nitrogens is 2. The maximum atomic E-state index is 5.07. The Labute approximate surface area is 126 Å². The third-order valence-corrected chi connectivity index (χ3v) is 3.44. The third kappa shape index (κ3) is 4.97. The van der Waals surface area contributed by atoms with Gasteiger partial charge in [-0.25, -0.2) is 0 Å². The van der Waals surface area contributed by atoms with Crippen LogP contribution >= 0.6 is 0 Å². The van der Waals surface area contributed by atoms with E-state index in [1.807, 2.05) is 24.4 Å².